The summed E-state index contributed by atoms with van der Waals surface area (Å²) in [6.45, 7) is 0.424. The Labute approximate surface area is 102 Å². The lowest BCUT2D eigenvalue weighted by atomic mass is 10.3. The number of nitrogens with zero attached hydrogens (tertiary/aromatic N) is 2. The van der Waals surface area contributed by atoms with Gasteiger partial charge in [0.25, 0.3) is 5.91 Å². The molecule has 0 aliphatic carbocycles. The second kappa shape index (κ2) is 5.13. The predicted molar refractivity (Wildman–Crippen MR) is 62.1 cm³/mol. The number of H-pyrrole nitrogens is 2. The minimum Gasteiger partial charge on any atom is -0.358 e. The van der Waals surface area contributed by atoms with E-state index in [-0.39, 0.29) is 17.4 Å². The Morgan fingerprint density at radius 2 is 2.33 bits per heavy atom. The third kappa shape index (κ3) is 2.73. The SMILES string of the molecule is O=C(NCCc1cnc[nH]1)c1ccc([N+](=O)[O-])[nH]1. The van der Waals surface area contributed by atoms with Gasteiger partial charge in [0.15, 0.2) is 5.69 Å². The predicted octanol–water partition coefficient (Wildman–Crippen LogP) is 0.618. The first-order chi connectivity index (χ1) is 8.66. The van der Waals surface area contributed by atoms with Gasteiger partial charge in [-0.1, -0.05) is 0 Å². The van der Waals surface area contributed by atoms with Crippen LogP contribution in [0.1, 0.15) is 16.2 Å². The Morgan fingerprint density at radius 1 is 1.50 bits per heavy atom. The van der Waals surface area contributed by atoms with E-state index >= 15 is 0 Å². The zero-order chi connectivity index (χ0) is 13.0. The molecule has 0 fully saturated rings. The van der Waals surface area contributed by atoms with Crippen LogP contribution in [0.15, 0.2) is 24.7 Å². The van der Waals surface area contributed by atoms with Gasteiger partial charge in [0.1, 0.15) is 0 Å². The number of aromatic nitrogens is 3. The summed E-state index contributed by atoms with van der Waals surface area (Å²) in [6, 6.07) is 2.63. The number of nitro groups is 1. The van der Waals surface area contributed by atoms with E-state index in [4.69, 9.17) is 0 Å². The number of carbonyl (C=O) groups excluding carboxylic acids is 1. The van der Waals surface area contributed by atoms with Gasteiger partial charge in [0.05, 0.1) is 6.33 Å². The molecule has 94 valence electrons. The van der Waals surface area contributed by atoms with Crippen molar-refractivity contribution in [2.45, 2.75) is 6.42 Å². The van der Waals surface area contributed by atoms with Crippen molar-refractivity contribution in [3.05, 3.63) is 46.2 Å². The lowest BCUT2D eigenvalue weighted by Gasteiger charge is -2.00. The molecule has 0 aromatic carbocycles. The summed E-state index contributed by atoms with van der Waals surface area (Å²) in [4.78, 5) is 30.7. The van der Waals surface area contributed by atoms with Crippen molar-refractivity contribution in [3.63, 3.8) is 0 Å². The normalized spacial score (nSPS) is 10.2. The van der Waals surface area contributed by atoms with Gasteiger partial charge in [-0.15, -0.1) is 0 Å². The molecule has 0 aliphatic heterocycles. The first-order valence-electron chi connectivity index (χ1n) is 5.25. The van der Waals surface area contributed by atoms with Gasteiger partial charge in [-0.3, -0.25) is 4.79 Å². The number of carbonyl (C=O) groups is 1. The van der Waals surface area contributed by atoms with Crippen molar-refractivity contribution in [1.29, 1.82) is 0 Å². The number of imidazole rings is 1. The Hall–Kier alpha value is -2.64. The highest BCUT2D eigenvalue weighted by molar-refractivity contribution is 5.92. The lowest BCUT2D eigenvalue weighted by Crippen LogP contribution is -2.26. The van der Waals surface area contributed by atoms with Crippen LogP contribution in [0.3, 0.4) is 0 Å². The smallest absolute Gasteiger partial charge is 0.321 e. The van der Waals surface area contributed by atoms with Gasteiger partial charge in [-0.2, -0.15) is 0 Å². The van der Waals surface area contributed by atoms with Crippen molar-refractivity contribution in [2.24, 2.45) is 0 Å². The highest BCUT2D eigenvalue weighted by Gasteiger charge is 2.14. The zero-order valence-corrected chi connectivity index (χ0v) is 9.34. The Morgan fingerprint density at radius 3 is 2.94 bits per heavy atom. The van der Waals surface area contributed by atoms with Crippen LogP contribution in [0.4, 0.5) is 5.82 Å². The first-order valence-corrected chi connectivity index (χ1v) is 5.25. The van der Waals surface area contributed by atoms with Crippen LogP contribution in [0, 0.1) is 10.1 Å². The summed E-state index contributed by atoms with van der Waals surface area (Å²) in [5.41, 5.74) is 1.08. The molecule has 2 aromatic rings. The summed E-state index contributed by atoms with van der Waals surface area (Å²) in [6.07, 6.45) is 3.85. The standard InChI is InChI=1S/C10H11N5O3/c16-10(8-1-2-9(14-8)15(17)18)12-4-3-7-5-11-6-13-7/h1-2,5-6,14H,3-4H2,(H,11,13)(H,12,16). The van der Waals surface area contributed by atoms with Crippen LogP contribution < -0.4 is 5.32 Å². The summed E-state index contributed by atoms with van der Waals surface area (Å²) in [5.74, 6) is -0.573. The van der Waals surface area contributed by atoms with Crippen LogP contribution in [-0.4, -0.2) is 32.3 Å². The fourth-order valence-corrected chi connectivity index (χ4v) is 1.45. The Balaban J connectivity index is 1.85. The molecule has 2 rings (SSSR count). The molecule has 0 aliphatic rings. The molecule has 2 heterocycles. The molecule has 0 saturated heterocycles. The molecule has 0 atom stereocenters. The van der Waals surface area contributed by atoms with Crippen LogP contribution in [-0.2, 0) is 6.42 Å². The van der Waals surface area contributed by atoms with Crippen molar-refractivity contribution < 1.29 is 9.72 Å². The summed E-state index contributed by atoms with van der Waals surface area (Å²) in [5, 5.41) is 13.1. The molecule has 8 heteroatoms. The molecule has 0 radical (unpaired) electrons. The third-order valence-corrected chi connectivity index (χ3v) is 2.35. The van der Waals surface area contributed by atoms with Crippen LogP contribution >= 0.6 is 0 Å². The molecular formula is C10H11N5O3. The maximum Gasteiger partial charge on any atom is 0.321 e. The van der Waals surface area contributed by atoms with E-state index in [1.165, 1.54) is 12.1 Å². The molecule has 2 aromatic heterocycles. The molecule has 0 unspecified atom stereocenters. The summed E-state index contributed by atoms with van der Waals surface area (Å²) < 4.78 is 0. The summed E-state index contributed by atoms with van der Waals surface area (Å²) >= 11 is 0. The largest absolute Gasteiger partial charge is 0.358 e. The van der Waals surface area contributed by atoms with E-state index in [0.717, 1.165) is 5.69 Å². The van der Waals surface area contributed by atoms with Gasteiger partial charge in [-0.05, 0) is 11.0 Å². The van der Waals surface area contributed by atoms with E-state index in [0.29, 0.717) is 13.0 Å². The second-order valence-corrected chi connectivity index (χ2v) is 3.60. The first kappa shape index (κ1) is 11.8. The molecule has 0 spiro atoms. The number of aromatic amines is 2. The number of amides is 1. The Kier molecular flexibility index (Phi) is 3.37. The van der Waals surface area contributed by atoms with Crippen molar-refractivity contribution in [3.8, 4) is 0 Å². The van der Waals surface area contributed by atoms with E-state index in [2.05, 4.69) is 20.3 Å². The van der Waals surface area contributed by atoms with Crippen LogP contribution in [0.25, 0.3) is 0 Å². The van der Waals surface area contributed by atoms with Crippen molar-refractivity contribution in [2.75, 3.05) is 6.54 Å². The topological polar surface area (TPSA) is 117 Å². The molecule has 1 amide bonds. The fraction of sp³-hybridized carbons (Fsp3) is 0.200. The average molecular weight is 249 g/mol. The molecule has 0 bridgehead atoms. The Bertz CT molecular complexity index is 546. The van der Waals surface area contributed by atoms with E-state index in [1.54, 1.807) is 12.5 Å². The maximum atomic E-state index is 11.6. The number of rotatable bonds is 5. The molecule has 8 nitrogen and oxygen atoms in total. The van der Waals surface area contributed by atoms with Gasteiger partial charge < -0.3 is 20.4 Å². The third-order valence-electron chi connectivity index (χ3n) is 2.35. The average Bonchev–Trinajstić information content (AvgIpc) is 2.99. The molecular weight excluding hydrogens is 238 g/mol. The van der Waals surface area contributed by atoms with Gasteiger partial charge in [0.2, 0.25) is 0 Å². The monoisotopic (exact) mass is 249 g/mol. The van der Waals surface area contributed by atoms with Gasteiger partial charge in [0, 0.05) is 30.9 Å². The molecule has 0 saturated carbocycles. The quantitative estimate of drug-likeness (QED) is 0.531. The van der Waals surface area contributed by atoms with Gasteiger partial charge in [-0.25, -0.2) is 9.97 Å². The highest BCUT2D eigenvalue weighted by Crippen LogP contribution is 2.09. The van der Waals surface area contributed by atoms with E-state index in [9.17, 15) is 14.9 Å². The number of nitrogens with one attached hydrogen (secondary N) is 3. The minimum absolute atomic E-state index is 0.173. The highest BCUT2D eigenvalue weighted by atomic mass is 16.6. The molecule has 3 N–H and O–H groups in total. The number of hydrogen-bond donors (Lipinski definition) is 3. The zero-order valence-electron chi connectivity index (χ0n) is 9.34. The van der Waals surface area contributed by atoms with Crippen LogP contribution in [0.2, 0.25) is 0 Å². The number of hydrogen-bond acceptors (Lipinski definition) is 4. The van der Waals surface area contributed by atoms with Crippen LogP contribution in [0.5, 0.6) is 0 Å². The summed E-state index contributed by atoms with van der Waals surface area (Å²) in [7, 11) is 0. The van der Waals surface area contributed by atoms with Crippen molar-refractivity contribution in [1.82, 2.24) is 20.3 Å². The lowest BCUT2D eigenvalue weighted by molar-refractivity contribution is -0.389. The van der Waals surface area contributed by atoms with E-state index < -0.39 is 4.92 Å². The second-order valence-electron chi connectivity index (χ2n) is 3.60. The van der Waals surface area contributed by atoms with E-state index in [1.807, 2.05) is 0 Å². The van der Waals surface area contributed by atoms with Gasteiger partial charge >= 0.3 is 5.82 Å². The van der Waals surface area contributed by atoms with Crippen molar-refractivity contribution >= 4 is 11.7 Å². The molecule has 18 heavy (non-hydrogen) atoms. The maximum absolute atomic E-state index is 11.6. The minimum atomic E-state index is -0.582. The fourth-order valence-electron chi connectivity index (χ4n) is 1.45.